The van der Waals surface area contributed by atoms with Crippen molar-refractivity contribution in [3.63, 3.8) is 0 Å². The smallest absolute Gasteiger partial charge is 0.348 e. The van der Waals surface area contributed by atoms with Gasteiger partial charge < -0.3 is 23.8 Å². The number of fused-ring (bicyclic) bond motifs is 7. The standard InChI is InChI=1S/C23H24NO5/c1-24(2)16-11-13(12-17(24)21-20(16)29-21)27-22(25)23(26)14-7-3-5-9-18(14)28-19-10-6-4-8-15(19)23/h3-10,13,16-17,20-21,26H,11-12H2,1-2H3/q+1/t13?,16-,17?,20+,21?/m0/s1. The molecule has 2 aromatic rings. The van der Waals surface area contributed by atoms with E-state index in [2.05, 4.69) is 14.1 Å². The second kappa shape index (κ2) is 5.59. The summed E-state index contributed by atoms with van der Waals surface area (Å²) in [6, 6.07) is 14.9. The summed E-state index contributed by atoms with van der Waals surface area (Å²) >= 11 is 0. The van der Waals surface area contributed by atoms with Crippen molar-refractivity contribution in [1.29, 1.82) is 0 Å². The fourth-order valence-corrected chi connectivity index (χ4v) is 5.73. The molecule has 3 unspecified atom stereocenters. The highest BCUT2D eigenvalue weighted by atomic mass is 16.6. The van der Waals surface area contributed by atoms with Crippen LogP contribution in [0.25, 0.3) is 0 Å². The van der Waals surface area contributed by atoms with Crippen molar-refractivity contribution in [2.75, 3.05) is 14.1 Å². The molecule has 0 saturated carbocycles. The maximum absolute atomic E-state index is 13.4. The minimum absolute atomic E-state index is 0.216. The topological polar surface area (TPSA) is 68.3 Å². The lowest BCUT2D eigenvalue weighted by Crippen LogP contribution is -2.60. The van der Waals surface area contributed by atoms with Crippen molar-refractivity contribution in [3.05, 3.63) is 59.7 Å². The number of nitrogens with zero attached hydrogens (tertiary/aromatic N) is 1. The maximum atomic E-state index is 13.4. The molecular formula is C23H24NO5+. The molecule has 6 rings (SSSR count). The number of para-hydroxylation sites is 2. The molecule has 0 amide bonds. The predicted octanol–water partition coefficient (Wildman–Crippen LogP) is 2.33. The third kappa shape index (κ3) is 2.25. The molecule has 3 saturated heterocycles. The van der Waals surface area contributed by atoms with E-state index in [1.807, 2.05) is 12.1 Å². The minimum atomic E-state index is -1.88. The van der Waals surface area contributed by atoms with E-state index in [0.29, 0.717) is 34.7 Å². The van der Waals surface area contributed by atoms with Crippen LogP contribution in [0.15, 0.2) is 48.5 Å². The van der Waals surface area contributed by atoms with E-state index in [1.54, 1.807) is 36.4 Å². The molecule has 0 radical (unpaired) electrons. The van der Waals surface area contributed by atoms with Gasteiger partial charge in [0.15, 0.2) is 0 Å². The van der Waals surface area contributed by atoms with Crippen LogP contribution in [-0.2, 0) is 19.9 Å². The average molecular weight is 394 g/mol. The maximum Gasteiger partial charge on any atom is 0.348 e. The molecule has 29 heavy (non-hydrogen) atoms. The van der Waals surface area contributed by atoms with Gasteiger partial charge in [-0.25, -0.2) is 4.79 Å². The van der Waals surface area contributed by atoms with Crippen LogP contribution in [0, 0.1) is 0 Å². The summed E-state index contributed by atoms with van der Waals surface area (Å²) in [6.45, 7) is 0. The molecule has 2 bridgehead atoms. The number of morpholine rings is 1. The molecule has 2 aromatic carbocycles. The fourth-order valence-electron chi connectivity index (χ4n) is 5.73. The Morgan fingerprint density at radius 1 is 1.00 bits per heavy atom. The third-order valence-corrected chi connectivity index (χ3v) is 7.38. The lowest BCUT2D eigenvalue weighted by atomic mass is 9.83. The number of quaternary nitrogens is 1. The Labute approximate surface area is 169 Å². The van der Waals surface area contributed by atoms with E-state index < -0.39 is 11.6 Å². The Hall–Kier alpha value is -2.41. The van der Waals surface area contributed by atoms with E-state index in [1.165, 1.54) is 0 Å². The van der Waals surface area contributed by atoms with Crippen LogP contribution < -0.4 is 4.74 Å². The number of esters is 1. The van der Waals surface area contributed by atoms with E-state index in [4.69, 9.17) is 14.2 Å². The zero-order valence-corrected chi connectivity index (χ0v) is 16.4. The number of epoxide rings is 1. The summed E-state index contributed by atoms with van der Waals surface area (Å²) in [7, 11) is 4.47. The Morgan fingerprint density at radius 3 is 2.07 bits per heavy atom. The van der Waals surface area contributed by atoms with Gasteiger partial charge in [-0.15, -0.1) is 0 Å². The lowest BCUT2D eigenvalue weighted by molar-refractivity contribution is -0.938. The summed E-state index contributed by atoms with van der Waals surface area (Å²) in [4.78, 5) is 13.4. The largest absolute Gasteiger partial charge is 0.459 e. The van der Waals surface area contributed by atoms with Gasteiger partial charge in [0.25, 0.3) is 0 Å². The predicted molar refractivity (Wildman–Crippen MR) is 103 cm³/mol. The van der Waals surface area contributed by atoms with Crippen LogP contribution in [0.3, 0.4) is 0 Å². The zero-order valence-electron chi connectivity index (χ0n) is 16.4. The van der Waals surface area contributed by atoms with Gasteiger partial charge in [0.2, 0.25) is 5.60 Å². The molecule has 4 heterocycles. The van der Waals surface area contributed by atoms with Gasteiger partial charge in [0.1, 0.15) is 41.9 Å². The number of rotatable bonds is 2. The summed E-state index contributed by atoms with van der Waals surface area (Å²) in [5.41, 5.74) is -1.04. The van der Waals surface area contributed by atoms with Gasteiger partial charge in [-0.1, -0.05) is 36.4 Å². The number of piperidine rings is 1. The number of carbonyl (C=O) groups excluding carboxylic acids is 1. The first-order chi connectivity index (χ1) is 13.9. The van der Waals surface area contributed by atoms with Crippen LogP contribution in [0.1, 0.15) is 24.0 Å². The van der Waals surface area contributed by atoms with Gasteiger partial charge in [0.05, 0.1) is 14.1 Å². The Bertz CT molecular complexity index is 952. The minimum Gasteiger partial charge on any atom is -0.459 e. The SMILES string of the molecule is C[N+]1(C)C2CC(OC(=O)C3(O)c4ccccc4Oc4ccccc43)C[C@H]1[C@H]1OC21. The fraction of sp³-hybridized carbons (Fsp3) is 0.435. The molecule has 0 spiro atoms. The zero-order chi connectivity index (χ0) is 20.0. The Balaban J connectivity index is 1.34. The molecule has 4 aliphatic rings. The van der Waals surface area contributed by atoms with Crippen molar-refractivity contribution in [1.82, 2.24) is 0 Å². The lowest BCUT2D eigenvalue weighted by Gasteiger charge is -2.45. The summed E-state index contributed by atoms with van der Waals surface area (Å²) in [6.07, 6.45) is 1.86. The normalized spacial score (nSPS) is 34.2. The summed E-state index contributed by atoms with van der Waals surface area (Å²) in [5, 5.41) is 11.7. The quantitative estimate of drug-likeness (QED) is 0.481. The Kier molecular flexibility index (Phi) is 3.37. The molecule has 3 fully saturated rings. The molecule has 4 aliphatic heterocycles. The molecule has 5 atom stereocenters. The van der Waals surface area contributed by atoms with E-state index >= 15 is 0 Å². The second-order valence-electron chi connectivity index (χ2n) is 9.13. The van der Waals surface area contributed by atoms with Crippen molar-refractivity contribution >= 4 is 5.97 Å². The van der Waals surface area contributed by atoms with Crippen molar-refractivity contribution in [3.8, 4) is 11.5 Å². The van der Waals surface area contributed by atoms with Crippen LogP contribution in [0.2, 0.25) is 0 Å². The number of hydrogen-bond donors (Lipinski definition) is 1. The summed E-state index contributed by atoms with van der Waals surface area (Å²) < 4.78 is 18.6. The summed E-state index contributed by atoms with van der Waals surface area (Å²) in [5.74, 6) is 0.315. The second-order valence-corrected chi connectivity index (χ2v) is 9.13. The highest BCUT2D eigenvalue weighted by molar-refractivity contribution is 5.88. The van der Waals surface area contributed by atoms with Crippen molar-refractivity contribution in [2.45, 2.75) is 48.8 Å². The van der Waals surface area contributed by atoms with E-state index in [9.17, 15) is 9.90 Å². The Morgan fingerprint density at radius 2 is 1.52 bits per heavy atom. The van der Waals surface area contributed by atoms with Crippen LogP contribution >= 0.6 is 0 Å². The number of carbonyl (C=O) groups is 1. The van der Waals surface area contributed by atoms with Crippen molar-refractivity contribution in [2.24, 2.45) is 0 Å². The first-order valence-electron chi connectivity index (χ1n) is 10.2. The van der Waals surface area contributed by atoms with E-state index in [-0.39, 0.29) is 18.3 Å². The number of likely N-dealkylation sites (N-methyl/N-ethyl adjacent to an activating group) is 1. The van der Waals surface area contributed by atoms with Crippen LogP contribution in [-0.4, -0.2) is 60.0 Å². The first-order valence-corrected chi connectivity index (χ1v) is 10.2. The first kappa shape index (κ1) is 17.4. The third-order valence-electron chi connectivity index (χ3n) is 7.38. The van der Waals surface area contributed by atoms with Crippen LogP contribution in [0.5, 0.6) is 11.5 Å². The molecule has 1 N–H and O–H groups in total. The van der Waals surface area contributed by atoms with Gasteiger partial charge in [-0.05, 0) is 12.1 Å². The van der Waals surface area contributed by atoms with Gasteiger partial charge in [0, 0.05) is 24.0 Å². The average Bonchev–Trinajstić information content (AvgIpc) is 3.46. The van der Waals surface area contributed by atoms with Gasteiger partial charge >= 0.3 is 5.97 Å². The molecule has 150 valence electrons. The molecular weight excluding hydrogens is 370 g/mol. The van der Waals surface area contributed by atoms with E-state index in [0.717, 1.165) is 17.3 Å². The highest BCUT2D eigenvalue weighted by Gasteiger charge is 2.71. The molecule has 0 aliphatic carbocycles. The van der Waals surface area contributed by atoms with Gasteiger partial charge in [-0.3, -0.25) is 0 Å². The number of ether oxygens (including phenoxy) is 3. The van der Waals surface area contributed by atoms with Gasteiger partial charge in [-0.2, -0.15) is 0 Å². The number of aliphatic hydroxyl groups is 1. The molecule has 6 heteroatoms. The highest BCUT2D eigenvalue weighted by Crippen LogP contribution is 2.52. The monoisotopic (exact) mass is 394 g/mol. The number of benzene rings is 2. The molecule has 0 aromatic heterocycles. The van der Waals surface area contributed by atoms with Crippen LogP contribution in [0.4, 0.5) is 0 Å². The molecule has 6 nitrogen and oxygen atoms in total. The number of hydrogen-bond acceptors (Lipinski definition) is 5. The van der Waals surface area contributed by atoms with Crippen molar-refractivity contribution < 1.29 is 28.6 Å².